The number of hydrogen-bond acceptors (Lipinski definition) is 3. The van der Waals surface area contributed by atoms with Crippen LogP contribution < -0.4 is 0 Å². The lowest BCUT2D eigenvalue weighted by Crippen LogP contribution is -2.00. The van der Waals surface area contributed by atoms with Crippen LogP contribution in [-0.4, -0.2) is 20.7 Å². The van der Waals surface area contributed by atoms with Crippen LogP contribution in [0.4, 0.5) is 5.69 Å². The number of aryl methyl sites for hydroxylation is 4. The minimum absolute atomic E-state index is 0.779. The maximum Gasteiger partial charge on any atom is 0.157 e. The summed E-state index contributed by atoms with van der Waals surface area (Å²) in [6.07, 6.45) is 0. The van der Waals surface area contributed by atoms with Gasteiger partial charge in [0, 0.05) is 0 Å². The summed E-state index contributed by atoms with van der Waals surface area (Å²) in [6, 6.07) is 16.5. The molecule has 4 nitrogen and oxygen atoms in total. The normalized spacial score (nSPS) is 12.0. The number of imidazole rings is 1. The molecule has 1 N–H and O–H groups in total. The van der Waals surface area contributed by atoms with Gasteiger partial charge in [0.2, 0.25) is 0 Å². The molecule has 0 atom stereocenters. The number of nitrogens with one attached hydrogen (secondary N) is 1. The molecule has 4 rings (SSSR count). The van der Waals surface area contributed by atoms with Crippen LogP contribution in [-0.2, 0) is 0 Å². The summed E-state index contributed by atoms with van der Waals surface area (Å²) in [6.45, 7) is 10.4. The maximum absolute atomic E-state index is 4.88. The fraction of sp³-hybridized carbons (Fsp3) is 0.208. The van der Waals surface area contributed by atoms with Crippen molar-refractivity contribution in [2.45, 2.75) is 34.6 Å². The lowest BCUT2D eigenvalue weighted by atomic mass is 10.1. The number of para-hydroxylation sites is 1. The highest BCUT2D eigenvalue weighted by molar-refractivity contribution is 5.99. The average Bonchev–Trinajstić information content (AvgIpc) is 3.10. The Labute approximate surface area is 165 Å². The van der Waals surface area contributed by atoms with E-state index in [0.717, 1.165) is 45.2 Å². The van der Waals surface area contributed by atoms with Crippen LogP contribution in [0.15, 0.2) is 53.5 Å². The zero-order chi connectivity index (χ0) is 19.8. The van der Waals surface area contributed by atoms with Gasteiger partial charge in [-0.1, -0.05) is 35.9 Å². The van der Waals surface area contributed by atoms with Crippen LogP contribution in [0, 0.1) is 27.7 Å². The number of aliphatic imine (C=N–C) groups is 1. The van der Waals surface area contributed by atoms with E-state index in [9.17, 15) is 0 Å². The Morgan fingerprint density at radius 1 is 0.857 bits per heavy atom. The third-order valence-corrected chi connectivity index (χ3v) is 4.99. The van der Waals surface area contributed by atoms with Crippen molar-refractivity contribution >= 4 is 22.4 Å². The van der Waals surface area contributed by atoms with E-state index in [0.29, 0.717) is 0 Å². The number of nitrogens with zero attached hydrogens (tertiary/aromatic N) is 3. The highest BCUT2D eigenvalue weighted by atomic mass is 15.0. The van der Waals surface area contributed by atoms with E-state index >= 15 is 0 Å². The first-order valence-corrected chi connectivity index (χ1v) is 9.48. The molecular weight excluding hydrogens is 344 g/mol. The van der Waals surface area contributed by atoms with Crippen LogP contribution in [0.25, 0.3) is 22.6 Å². The molecule has 2 aromatic carbocycles. The fourth-order valence-electron chi connectivity index (χ4n) is 3.64. The number of hydrogen-bond donors (Lipinski definition) is 1. The lowest BCUT2D eigenvalue weighted by molar-refractivity contribution is 1.21. The van der Waals surface area contributed by atoms with Gasteiger partial charge in [-0.15, -0.1) is 0 Å². The summed E-state index contributed by atoms with van der Waals surface area (Å²) in [7, 11) is 0. The molecule has 0 saturated carbocycles. The van der Waals surface area contributed by atoms with Gasteiger partial charge in [-0.05, 0) is 69.5 Å². The van der Waals surface area contributed by atoms with Crippen molar-refractivity contribution in [1.29, 1.82) is 0 Å². The Morgan fingerprint density at radius 3 is 2.29 bits per heavy atom. The van der Waals surface area contributed by atoms with Crippen molar-refractivity contribution in [2.24, 2.45) is 4.99 Å². The first kappa shape index (κ1) is 18.1. The SMILES string of the molecule is CC(=Nc1c(C)cc(C)cc1C)c1cccc(-c2nc3c(C)cccc3[nH]2)n1. The topological polar surface area (TPSA) is 53.9 Å². The van der Waals surface area contributed by atoms with E-state index in [1.165, 1.54) is 16.7 Å². The van der Waals surface area contributed by atoms with E-state index in [4.69, 9.17) is 15.0 Å². The molecule has 140 valence electrons. The molecule has 0 radical (unpaired) electrons. The minimum atomic E-state index is 0.779. The molecule has 0 saturated heterocycles. The van der Waals surface area contributed by atoms with E-state index in [-0.39, 0.29) is 0 Å². The molecule has 2 heterocycles. The van der Waals surface area contributed by atoms with Crippen molar-refractivity contribution in [3.8, 4) is 11.5 Å². The lowest BCUT2D eigenvalue weighted by Gasteiger charge is -2.09. The average molecular weight is 368 g/mol. The van der Waals surface area contributed by atoms with Crippen LogP contribution in [0.5, 0.6) is 0 Å². The van der Waals surface area contributed by atoms with Crippen LogP contribution in [0.1, 0.15) is 34.9 Å². The second-order valence-corrected chi connectivity index (χ2v) is 7.41. The maximum atomic E-state index is 4.88. The number of aromatic nitrogens is 3. The van der Waals surface area contributed by atoms with Gasteiger partial charge >= 0.3 is 0 Å². The van der Waals surface area contributed by atoms with Gasteiger partial charge in [0.15, 0.2) is 5.82 Å². The highest BCUT2D eigenvalue weighted by Gasteiger charge is 2.10. The molecule has 0 aliphatic heterocycles. The Morgan fingerprint density at radius 2 is 1.57 bits per heavy atom. The number of rotatable bonds is 3. The third kappa shape index (κ3) is 3.33. The Bertz CT molecular complexity index is 1190. The highest BCUT2D eigenvalue weighted by Crippen LogP contribution is 2.26. The van der Waals surface area contributed by atoms with Crippen LogP contribution in [0.2, 0.25) is 0 Å². The molecule has 4 heteroatoms. The summed E-state index contributed by atoms with van der Waals surface area (Å²) in [4.78, 5) is 17.8. The van der Waals surface area contributed by atoms with Gasteiger partial charge in [-0.25, -0.2) is 9.97 Å². The third-order valence-electron chi connectivity index (χ3n) is 4.99. The molecule has 4 aromatic rings. The van der Waals surface area contributed by atoms with Crippen molar-refractivity contribution in [3.05, 3.63) is 76.5 Å². The monoisotopic (exact) mass is 368 g/mol. The largest absolute Gasteiger partial charge is 0.337 e. The van der Waals surface area contributed by atoms with Crippen LogP contribution in [0.3, 0.4) is 0 Å². The second-order valence-electron chi connectivity index (χ2n) is 7.41. The Kier molecular flexibility index (Phi) is 4.55. The Hall–Kier alpha value is -3.27. The molecule has 0 amide bonds. The van der Waals surface area contributed by atoms with Gasteiger partial charge in [0.1, 0.15) is 5.69 Å². The van der Waals surface area contributed by atoms with Gasteiger partial charge in [0.25, 0.3) is 0 Å². The zero-order valence-corrected chi connectivity index (χ0v) is 17.0. The van der Waals surface area contributed by atoms with E-state index in [1.807, 2.05) is 37.3 Å². The van der Waals surface area contributed by atoms with Crippen molar-refractivity contribution in [2.75, 3.05) is 0 Å². The molecular formula is C24H24N4. The first-order chi connectivity index (χ1) is 13.4. The predicted octanol–water partition coefficient (Wildman–Crippen LogP) is 6.00. The zero-order valence-electron chi connectivity index (χ0n) is 17.0. The quantitative estimate of drug-likeness (QED) is 0.451. The van der Waals surface area contributed by atoms with E-state index in [2.05, 4.69) is 50.9 Å². The molecule has 0 aliphatic rings. The molecule has 0 aliphatic carbocycles. The van der Waals surface area contributed by atoms with Crippen molar-refractivity contribution in [1.82, 2.24) is 15.0 Å². The van der Waals surface area contributed by atoms with Crippen molar-refractivity contribution in [3.63, 3.8) is 0 Å². The van der Waals surface area contributed by atoms with Gasteiger partial charge in [0.05, 0.1) is 28.1 Å². The number of fused-ring (bicyclic) bond motifs is 1. The summed E-state index contributed by atoms with van der Waals surface area (Å²) >= 11 is 0. The minimum Gasteiger partial charge on any atom is -0.337 e. The number of H-pyrrole nitrogens is 1. The van der Waals surface area contributed by atoms with E-state index < -0.39 is 0 Å². The summed E-state index contributed by atoms with van der Waals surface area (Å²) in [5, 5.41) is 0. The summed E-state index contributed by atoms with van der Waals surface area (Å²) in [5.74, 6) is 0.779. The smallest absolute Gasteiger partial charge is 0.157 e. The summed E-state index contributed by atoms with van der Waals surface area (Å²) < 4.78 is 0. The van der Waals surface area contributed by atoms with Gasteiger partial charge in [-0.3, -0.25) is 4.99 Å². The summed E-state index contributed by atoms with van der Waals surface area (Å²) in [5.41, 5.74) is 10.4. The van der Waals surface area contributed by atoms with Gasteiger partial charge in [-0.2, -0.15) is 0 Å². The molecule has 0 spiro atoms. The second kappa shape index (κ2) is 7.04. The standard InChI is InChI=1S/C24H24N4/c1-14-12-16(3)22(17(4)13-14)25-18(5)19-9-7-11-21(26-19)24-27-20-10-6-8-15(2)23(20)28-24/h6-13H,1-5H3,(H,27,28). The fourth-order valence-corrected chi connectivity index (χ4v) is 3.64. The predicted molar refractivity (Wildman–Crippen MR) is 117 cm³/mol. The van der Waals surface area contributed by atoms with Crippen molar-refractivity contribution < 1.29 is 0 Å². The molecule has 2 aromatic heterocycles. The van der Waals surface area contributed by atoms with E-state index in [1.54, 1.807) is 0 Å². The van der Waals surface area contributed by atoms with Crippen LogP contribution >= 0.6 is 0 Å². The molecule has 28 heavy (non-hydrogen) atoms. The van der Waals surface area contributed by atoms with Gasteiger partial charge < -0.3 is 4.98 Å². The molecule has 0 unspecified atom stereocenters. The molecule has 0 fully saturated rings. The number of aromatic amines is 1. The number of benzene rings is 2. The Balaban J connectivity index is 1.75. The molecule has 0 bridgehead atoms. The first-order valence-electron chi connectivity index (χ1n) is 9.48. The number of pyridine rings is 1.